The Morgan fingerprint density at radius 2 is 1.60 bits per heavy atom. The Hall–Kier alpha value is -2.39. The van der Waals surface area contributed by atoms with Gasteiger partial charge in [0.05, 0.1) is 0 Å². The molecule has 1 spiro atoms. The fraction of sp³-hybridized carbons (Fsp3) is 0.444. The van der Waals surface area contributed by atoms with Gasteiger partial charge in [0.25, 0.3) is 0 Å². The largest absolute Gasteiger partial charge is 0.333 e. The van der Waals surface area contributed by atoms with Crippen molar-refractivity contribution in [1.29, 1.82) is 0 Å². The zero-order chi connectivity index (χ0) is 20.4. The number of hydrogen-bond acceptors (Lipinski definition) is 2. The van der Waals surface area contributed by atoms with Gasteiger partial charge in [0.2, 0.25) is 5.91 Å². The summed E-state index contributed by atoms with van der Waals surface area (Å²) in [4.78, 5) is 18.2. The van der Waals surface area contributed by atoms with E-state index in [2.05, 4.69) is 52.3 Å². The van der Waals surface area contributed by atoms with Crippen LogP contribution in [0.2, 0.25) is 0 Å². The molecule has 1 aliphatic carbocycles. The molecule has 2 aliphatic heterocycles. The van der Waals surface area contributed by atoms with Crippen molar-refractivity contribution in [2.24, 2.45) is 11.8 Å². The van der Waals surface area contributed by atoms with Crippen LogP contribution >= 0.6 is 0 Å². The van der Waals surface area contributed by atoms with Crippen molar-refractivity contribution in [3.63, 3.8) is 0 Å². The second-order valence-electron chi connectivity index (χ2n) is 9.40. The topological polar surface area (TPSA) is 23.6 Å². The van der Waals surface area contributed by atoms with E-state index in [0.29, 0.717) is 11.8 Å². The lowest BCUT2D eigenvalue weighted by Crippen LogP contribution is -2.53. The fourth-order valence-electron chi connectivity index (χ4n) is 6.28. The summed E-state index contributed by atoms with van der Waals surface area (Å²) in [6, 6.07) is 21.0. The molecule has 3 heteroatoms. The summed E-state index contributed by atoms with van der Waals surface area (Å²) < 4.78 is 0. The van der Waals surface area contributed by atoms with Gasteiger partial charge < -0.3 is 4.90 Å². The molecule has 0 bridgehead atoms. The van der Waals surface area contributed by atoms with E-state index in [0.717, 1.165) is 31.7 Å². The Kier molecular flexibility index (Phi) is 5.47. The first-order chi connectivity index (χ1) is 14.7. The van der Waals surface area contributed by atoms with Crippen LogP contribution in [-0.2, 0) is 11.3 Å². The molecule has 3 aliphatic rings. The van der Waals surface area contributed by atoms with E-state index in [4.69, 9.17) is 0 Å². The molecule has 3 fully saturated rings. The smallest absolute Gasteiger partial charge is 0.247 e. The number of benzene rings is 2. The predicted molar refractivity (Wildman–Crippen MR) is 122 cm³/mol. The van der Waals surface area contributed by atoms with Crippen LogP contribution < -0.4 is 0 Å². The SMILES string of the molecule is O=C(/C=C/c1ccccc1)N1C[C@@H]2CN(Cc3ccccc3)C[C@H]2C12CCCCC2. The summed E-state index contributed by atoms with van der Waals surface area (Å²) in [5.74, 6) is 1.45. The predicted octanol–water partition coefficient (Wildman–Crippen LogP) is 4.99. The van der Waals surface area contributed by atoms with Crippen LogP contribution in [0.4, 0.5) is 0 Å². The van der Waals surface area contributed by atoms with Gasteiger partial charge in [-0.25, -0.2) is 0 Å². The third-order valence-electron chi connectivity index (χ3n) is 7.61. The second kappa shape index (κ2) is 8.39. The first kappa shape index (κ1) is 19.6. The lowest BCUT2D eigenvalue weighted by molar-refractivity contribution is -0.132. The average molecular weight is 401 g/mol. The van der Waals surface area contributed by atoms with E-state index < -0.39 is 0 Å². The number of nitrogens with zero attached hydrogens (tertiary/aromatic N) is 2. The van der Waals surface area contributed by atoms with Gasteiger partial charge in [0.1, 0.15) is 0 Å². The Bertz CT molecular complexity index is 886. The minimum absolute atomic E-state index is 0.0759. The zero-order valence-electron chi connectivity index (χ0n) is 17.7. The maximum absolute atomic E-state index is 13.3. The van der Waals surface area contributed by atoms with Gasteiger partial charge in [-0.15, -0.1) is 0 Å². The van der Waals surface area contributed by atoms with E-state index in [1.54, 1.807) is 0 Å². The van der Waals surface area contributed by atoms with Gasteiger partial charge >= 0.3 is 0 Å². The van der Waals surface area contributed by atoms with E-state index in [1.807, 2.05) is 30.4 Å². The third kappa shape index (κ3) is 3.72. The van der Waals surface area contributed by atoms with Crippen molar-refractivity contribution in [1.82, 2.24) is 9.80 Å². The maximum atomic E-state index is 13.3. The van der Waals surface area contributed by atoms with Gasteiger partial charge in [-0.3, -0.25) is 9.69 Å². The van der Waals surface area contributed by atoms with Gasteiger partial charge in [-0.1, -0.05) is 79.9 Å². The lowest BCUT2D eigenvalue weighted by atomic mass is 9.71. The van der Waals surface area contributed by atoms with Crippen LogP contribution in [0.3, 0.4) is 0 Å². The number of likely N-dealkylation sites (tertiary alicyclic amines) is 2. The normalized spacial score (nSPS) is 25.8. The quantitative estimate of drug-likeness (QED) is 0.675. The Morgan fingerprint density at radius 1 is 0.900 bits per heavy atom. The Morgan fingerprint density at radius 3 is 2.33 bits per heavy atom. The molecule has 2 aromatic rings. The highest BCUT2D eigenvalue weighted by molar-refractivity contribution is 5.92. The Labute approximate surface area is 180 Å². The standard InChI is InChI=1S/C27H32N2O/c30-26(15-14-22-10-4-1-5-11-22)29-20-24-19-28(18-23-12-6-2-7-13-23)21-25(24)27(29)16-8-3-9-17-27/h1-2,4-7,10-15,24-25H,3,8-9,16-21H2/b15-14+/t24-,25+/m0/s1. The van der Waals surface area contributed by atoms with Crippen LogP contribution in [0, 0.1) is 11.8 Å². The number of hydrogen-bond donors (Lipinski definition) is 0. The number of carbonyl (C=O) groups excluding carboxylic acids is 1. The first-order valence-corrected chi connectivity index (χ1v) is 11.6. The Balaban J connectivity index is 1.33. The molecule has 1 amide bonds. The number of amides is 1. The summed E-state index contributed by atoms with van der Waals surface area (Å²) >= 11 is 0. The van der Waals surface area contributed by atoms with Gasteiger partial charge in [-0.2, -0.15) is 0 Å². The van der Waals surface area contributed by atoms with Crippen LogP contribution in [0.1, 0.15) is 43.2 Å². The molecule has 2 atom stereocenters. The molecular weight excluding hydrogens is 368 g/mol. The van der Waals surface area contributed by atoms with Crippen molar-refractivity contribution in [2.75, 3.05) is 19.6 Å². The molecule has 3 nitrogen and oxygen atoms in total. The van der Waals surface area contributed by atoms with E-state index in [1.165, 1.54) is 37.7 Å². The highest BCUT2D eigenvalue weighted by atomic mass is 16.2. The van der Waals surface area contributed by atoms with Gasteiger partial charge in [0, 0.05) is 43.7 Å². The third-order valence-corrected chi connectivity index (χ3v) is 7.61. The monoisotopic (exact) mass is 400 g/mol. The summed E-state index contributed by atoms with van der Waals surface area (Å²) in [6.07, 6.45) is 9.98. The summed E-state index contributed by atoms with van der Waals surface area (Å²) in [5.41, 5.74) is 2.57. The molecule has 30 heavy (non-hydrogen) atoms. The molecular formula is C27H32N2O. The average Bonchev–Trinajstić information content (AvgIpc) is 3.31. The number of fused-ring (bicyclic) bond motifs is 2. The van der Waals surface area contributed by atoms with Crippen LogP contribution in [-0.4, -0.2) is 40.9 Å². The van der Waals surface area contributed by atoms with Gasteiger partial charge in [0.15, 0.2) is 0 Å². The second-order valence-corrected chi connectivity index (χ2v) is 9.40. The number of rotatable bonds is 4. The van der Waals surface area contributed by atoms with Crippen molar-refractivity contribution in [3.05, 3.63) is 77.9 Å². The van der Waals surface area contributed by atoms with E-state index in [-0.39, 0.29) is 11.4 Å². The highest BCUT2D eigenvalue weighted by Gasteiger charge is 2.57. The number of carbonyl (C=O) groups is 1. The summed E-state index contributed by atoms with van der Waals surface area (Å²) in [6.45, 7) is 4.21. The molecule has 0 aromatic heterocycles. The van der Waals surface area contributed by atoms with E-state index >= 15 is 0 Å². The molecule has 5 rings (SSSR count). The maximum Gasteiger partial charge on any atom is 0.247 e. The van der Waals surface area contributed by atoms with Crippen molar-refractivity contribution < 1.29 is 4.79 Å². The lowest BCUT2D eigenvalue weighted by Gasteiger charge is -2.45. The van der Waals surface area contributed by atoms with E-state index in [9.17, 15) is 4.79 Å². The molecule has 1 saturated carbocycles. The molecule has 0 N–H and O–H groups in total. The summed E-state index contributed by atoms with van der Waals surface area (Å²) in [7, 11) is 0. The van der Waals surface area contributed by atoms with Crippen LogP contribution in [0.5, 0.6) is 0 Å². The molecule has 0 unspecified atom stereocenters. The minimum atomic E-state index is 0.0759. The first-order valence-electron chi connectivity index (χ1n) is 11.6. The highest BCUT2D eigenvalue weighted by Crippen LogP contribution is 2.51. The zero-order valence-corrected chi connectivity index (χ0v) is 17.7. The van der Waals surface area contributed by atoms with Crippen LogP contribution in [0.25, 0.3) is 6.08 Å². The van der Waals surface area contributed by atoms with Crippen molar-refractivity contribution >= 4 is 12.0 Å². The van der Waals surface area contributed by atoms with Crippen LogP contribution in [0.15, 0.2) is 66.7 Å². The molecule has 0 radical (unpaired) electrons. The molecule has 2 saturated heterocycles. The van der Waals surface area contributed by atoms with Crippen molar-refractivity contribution in [3.8, 4) is 0 Å². The van der Waals surface area contributed by atoms with Gasteiger partial charge in [-0.05, 0) is 36.0 Å². The molecule has 2 aromatic carbocycles. The molecule has 156 valence electrons. The summed E-state index contributed by atoms with van der Waals surface area (Å²) in [5, 5.41) is 0. The minimum Gasteiger partial charge on any atom is -0.333 e. The van der Waals surface area contributed by atoms with Crippen molar-refractivity contribution in [2.45, 2.75) is 44.2 Å². The molecule has 2 heterocycles. The fourth-order valence-corrected chi connectivity index (χ4v) is 6.28.